The summed E-state index contributed by atoms with van der Waals surface area (Å²) in [5, 5.41) is 4.97. The molecule has 0 unspecified atom stereocenters. The number of halogens is 2. The third-order valence-electron chi connectivity index (χ3n) is 6.57. The van der Waals surface area contributed by atoms with Crippen molar-refractivity contribution in [3.05, 3.63) is 111 Å². The number of thiocarbonyl (C=S) groups is 1. The van der Waals surface area contributed by atoms with Crippen molar-refractivity contribution in [1.82, 2.24) is 14.9 Å². The van der Waals surface area contributed by atoms with E-state index in [1.807, 2.05) is 48.7 Å². The van der Waals surface area contributed by atoms with Gasteiger partial charge in [-0.15, -0.1) is 0 Å². The van der Waals surface area contributed by atoms with Gasteiger partial charge in [0.25, 0.3) is 0 Å². The van der Waals surface area contributed by atoms with Crippen molar-refractivity contribution in [2.24, 2.45) is 0 Å². The molecule has 1 aliphatic heterocycles. The molecule has 0 radical (unpaired) electrons. The van der Waals surface area contributed by atoms with Crippen LogP contribution in [-0.2, 0) is 0 Å². The van der Waals surface area contributed by atoms with Crippen molar-refractivity contribution >= 4 is 50.5 Å². The van der Waals surface area contributed by atoms with Crippen LogP contribution in [0.5, 0.6) is 0 Å². The molecule has 0 spiro atoms. The first kappa shape index (κ1) is 23.1. The monoisotopic (exact) mass is 550 g/mol. The molecule has 34 heavy (non-hydrogen) atoms. The first-order valence-electron chi connectivity index (χ1n) is 11.1. The molecular formula is C27H24BrClN4S. The Bertz CT molecular complexity index is 1370. The number of anilines is 1. The highest BCUT2D eigenvalue weighted by Gasteiger charge is 2.43. The molecule has 1 N–H and O–H groups in total. The number of hydrogen-bond acceptors (Lipinski definition) is 2. The number of benzene rings is 2. The Morgan fingerprint density at radius 1 is 0.941 bits per heavy atom. The minimum Gasteiger partial charge on any atom is -0.351 e. The fourth-order valence-corrected chi connectivity index (χ4v) is 5.77. The summed E-state index contributed by atoms with van der Waals surface area (Å²) >= 11 is 15.8. The Kier molecular flexibility index (Phi) is 6.23. The van der Waals surface area contributed by atoms with E-state index in [0.29, 0.717) is 5.11 Å². The summed E-state index contributed by atoms with van der Waals surface area (Å²) in [4.78, 5) is 6.91. The van der Waals surface area contributed by atoms with E-state index in [-0.39, 0.29) is 12.1 Å². The highest BCUT2D eigenvalue weighted by Crippen LogP contribution is 2.45. The van der Waals surface area contributed by atoms with Gasteiger partial charge in [0, 0.05) is 44.0 Å². The van der Waals surface area contributed by atoms with Gasteiger partial charge < -0.3 is 14.8 Å². The second-order valence-electron chi connectivity index (χ2n) is 8.50. The van der Waals surface area contributed by atoms with Gasteiger partial charge in [-0.1, -0.05) is 39.7 Å². The summed E-state index contributed by atoms with van der Waals surface area (Å²) in [6, 6.07) is 22.1. The van der Waals surface area contributed by atoms with E-state index >= 15 is 0 Å². The molecule has 0 bridgehead atoms. The molecule has 1 saturated heterocycles. The maximum Gasteiger partial charge on any atom is 0.174 e. The maximum atomic E-state index is 6.35. The maximum absolute atomic E-state index is 6.35. The average molecular weight is 552 g/mol. The lowest BCUT2D eigenvalue weighted by Gasteiger charge is -2.29. The highest BCUT2D eigenvalue weighted by molar-refractivity contribution is 9.10. The van der Waals surface area contributed by atoms with Crippen LogP contribution in [0.25, 0.3) is 5.69 Å². The SMILES string of the molecule is Cc1c([C@H]2[C@H](c3ccccn3)NC(=S)N2c2ccc(Br)cc2)c(C)n(-c2cccc(Cl)c2)c1C. The van der Waals surface area contributed by atoms with Crippen LogP contribution in [0.4, 0.5) is 5.69 Å². The number of nitrogens with one attached hydrogen (secondary N) is 1. The zero-order chi connectivity index (χ0) is 24.0. The number of hydrogen-bond donors (Lipinski definition) is 1. The van der Waals surface area contributed by atoms with Gasteiger partial charge in [-0.25, -0.2) is 0 Å². The van der Waals surface area contributed by atoms with Crippen LogP contribution in [0.15, 0.2) is 77.4 Å². The summed E-state index contributed by atoms with van der Waals surface area (Å²) in [7, 11) is 0. The fraction of sp³-hybridized carbons (Fsp3) is 0.185. The molecule has 1 aliphatic rings. The lowest BCUT2D eigenvalue weighted by atomic mass is 9.93. The Morgan fingerprint density at radius 2 is 1.71 bits per heavy atom. The molecule has 0 saturated carbocycles. The largest absolute Gasteiger partial charge is 0.351 e. The normalized spacial score (nSPS) is 17.8. The molecule has 5 rings (SSSR count). The van der Waals surface area contributed by atoms with Crippen LogP contribution >= 0.6 is 39.7 Å². The van der Waals surface area contributed by atoms with E-state index in [4.69, 9.17) is 28.8 Å². The summed E-state index contributed by atoms with van der Waals surface area (Å²) in [5.41, 5.74) is 7.87. The minimum absolute atomic E-state index is 0.0669. The second-order valence-corrected chi connectivity index (χ2v) is 10.2. The molecule has 4 nitrogen and oxygen atoms in total. The molecule has 7 heteroatoms. The zero-order valence-corrected chi connectivity index (χ0v) is 22.2. The Hall–Kier alpha value is -2.67. The summed E-state index contributed by atoms with van der Waals surface area (Å²) in [6.45, 7) is 6.52. The van der Waals surface area contributed by atoms with Gasteiger partial charge in [0.2, 0.25) is 0 Å². The van der Waals surface area contributed by atoms with Gasteiger partial charge in [0.05, 0.1) is 17.8 Å². The number of aromatic nitrogens is 2. The van der Waals surface area contributed by atoms with Crippen LogP contribution < -0.4 is 10.2 Å². The van der Waals surface area contributed by atoms with Crippen molar-refractivity contribution in [2.75, 3.05) is 4.90 Å². The van der Waals surface area contributed by atoms with E-state index in [9.17, 15) is 0 Å². The number of rotatable bonds is 4. The first-order chi connectivity index (χ1) is 16.4. The van der Waals surface area contributed by atoms with Crippen LogP contribution in [0.2, 0.25) is 5.02 Å². The molecule has 2 atom stereocenters. The summed E-state index contributed by atoms with van der Waals surface area (Å²) < 4.78 is 3.31. The van der Waals surface area contributed by atoms with Gasteiger partial charge in [0.1, 0.15) is 0 Å². The quantitative estimate of drug-likeness (QED) is 0.268. The molecule has 1 fully saturated rings. The van der Waals surface area contributed by atoms with Gasteiger partial charge in [-0.3, -0.25) is 4.98 Å². The Balaban J connectivity index is 1.73. The van der Waals surface area contributed by atoms with Crippen LogP contribution in [0.3, 0.4) is 0 Å². The van der Waals surface area contributed by atoms with E-state index in [1.54, 1.807) is 0 Å². The average Bonchev–Trinajstić information content (AvgIpc) is 3.27. The first-order valence-corrected chi connectivity index (χ1v) is 12.7. The molecule has 0 aliphatic carbocycles. The van der Waals surface area contributed by atoms with E-state index < -0.39 is 0 Å². The van der Waals surface area contributed by atoms with Crippen molar-refractivity contribution in [2.45, 2.75) is 32.9 Å². The third kappa shape index (κ3) is 3.94. The third-order valence-corrected chi connectivity index (χ3v) is 7.65. The van der Waals surface area contributed by atoms with E-state index in [0.717, 1.165) is 32.3 Å². The van der Waals surface area contributed by atoms with Crippen LogP contribution in [0, 0.1) is 20.8 Å². The number of pyridine rings is 1. The predicted octanol–water partition coefficient (Wildman–Crippen LogP) is 7.39. The standard InChI is InChI=1S/C27H24BrClN4S/c1-16-17(2)32(22-8-6-7-20(29)15-22)18(3)24(16)26-25(23-9-4-5-14-30-23)31-27(34)33(26)21-12-10-19(28)11-13-21/h4-15,25-26H,1-3H3,(H,31,34)/t25-,26-/m0/s1. The second kappa shape index (κ2) is 9.17. The van der Waals surface area contributed by atoms with Gasteiger partial charge in [-0.2, -0.15) is 0 Å². The smallest absolute Gasteiger partial charge is 0.174 e. The fourth-order valence-electron chi connectivity index (χ4n) is 4.97. The van der Waals surface area contributed by atoms with Crippen molar-refractivity contribution < 1.29 is 0 Å². The van der Waals surface area contributed by atoms with Gasteiger partial charge in [0.15, 0.2) is 5.11 Å². The minimum atomic E-state index is -0.0932. The molecular weight excluding hydrogens is 528 g/mol. The Labute approximate surface area is 218 Å². The lowest BCUT2D eigenvalue weighted by molar-refractivity contribution is 0.563. The van der Waals surface area contributed by atoms with Crippen molar-refractivity contribution in [3.8, 4) is 5.69 Å². The molecule has 172 valence electrons. The molecule has 3 heterocycles. The van der Waals surface area contributed by atoms with Crippen molar-refractivity contribution in [3.63, 3.8) is 0 Å². The van der Waals surface area contributed by atoms with Crippen LogP contribution in [0.1, 0.15) is 40.3 Å². The number of nitrogens with zero attached hydrogens (tertiary/aromatic N) is 3. The molecule has 2 aromatic heterocycles. The summed E-state index contributed by atoms with van der Waals surface area (Å²) in [6.07, 6.45) is 1.83. The molecule has 4 aromatic rings. The van der Waals surface area contributed by atoms with Crippen LogP contribution in [-0.4, -0.2) is 14.7 Å². The highest BCUT2D eigenvalue weighted by atomic mass is 79.9. The predicted molar refractivity (Wildman–Crippen MR) is 147 cm³/mol. The van der Waals surface area contributed by atoms with E-state index in [1.165, 1.54) is 16.8 Å². The van der Waals surface area contributed by atoms with Crippen molar-refractivity contribution in [1.29, 1.82) is 0 Å². The summed E-state index contributed by atoms with van der Waals surface area (Å²) in [5.74, 6) is 0. The molecule has 2 aromatic carbocycles. The Morgan fingerprint density at radius 3 is 2.38 bits per heavy atom. The van der Waals surface area contributed by atoms with E-state index in [2.05, 4.69) is 75.8 Å². The molecule has 0 amide bonds. The zero-order valence-electron chi connectivity index (χ0n) is 19.1. The van der Waals surface area contributed by atoms with Gasteiger partial charge >= 0.3 is 0 Å². The van der Waals surface area contributed by atoms with Gasteiger partial charge in [-0.05, 0) is 93.1 Å². The lowest BCUT2D eigenvalue weighted by Crippen LogP contribution is -2.29. The topological polar surface area (TPSA) is 33.1 Å².